The largest absolute Gasteiger partial charge is 0.507 e. The van der Waals surface area contributed by atoms with E-state index in [1.807, 2.05) is 6.07 Å². The van der Waals surface area contributed by atoms with Gasteiger partial charge in [0, 0.05) is 18.0 Å². The van der Waals surface area contributed by atoms with E-state index < -0.39 is 0 Å². The van der Waals surface area contributed by atoms with E-state index in [0.29, 0.717) is 16.7 Å². The molecule has 0 amide bonds. The van der Waals surface area contributed by atoms with Crippen LogP contribution in [0, 0.1) is 11.3 Å². The monoisotopic (exact) mass is 457 g/mol. The summed E-state index contributed by atoms with van der Waals surface area (Å²) < 4.78 is 6.23. The molecular weight excluding hydrogens is 414 g/mol. The molecule has 0 heterocycles. The maximum atomic E-state index is 11.2. The van der Waals surface area contributed by atoms with Gasteiger partial charge in [-0.2, -0.15) is 0 Å². The van der Waals surface area contributed by atoms with Crippen LogP contribution in [0.5, 0.6) is 11.5 Å². The third kappa shape index (κ3) is 7.37. The van der Waals surface area contributed by atoms with E-state index in [1.54, 1.807) is 0 Å². The second-order valence-corrected chi connectivity index (χ2v) is 10.6. The second kappa shape index (κ2) is 11.9. The summed E-state index contributed by atoms with van der Waals surface area (Å²) in [5.41, 5.74) is 4.54. The minimum atomic E-state index is 0.0378. The molecule has 3 nitrogen and oxygen atoms in total. The van der Waals surface area contributed by atoms with Crippen molar-refractivity contribution in [1.82, 2.24) is 5.32 Å². The molecule has 2 rings (SSSR count). The molecule has 4 heteroatoms. The lowest BCUT2D eigenvalue weighted by molar-refractivity contribution is 0.341. The lowest BCUT2D eigenvalue weighted by Crippen LogP contribution is -2.35. The fraction of sp³-hybridized carbons (Fsp3) is 0.607. The predicted octanol–water partition coefficient (Wildman–Crippen LogP) is 7.83. The third-order valence-electron chi connectivity index (χ3n) is 6.83. The van der Waals surface area contributed by atoms with Gasteiger partial charge < -0.3 is 15.2 Å². The average molecular weight is 458 g/mol. The number of aromatic hydroxyl groups is 1. The Labute approximate surface area is 201 Å². The highest BCUT2D eigenvalue weighted by Crippen LogP contribution is 2.47. The minimum Gasteiger partial charge on any atom is -0.507 e. The Morgan fingerprint density at radius 3 is 2.62 bits per heavy atom. The smallest absolute Gasteiger partial charge is 0.262 e. The Hall–Kier alpha value is -1.81. The highest BCUT2D eigenvalue weighted by molar-refractivity contribution is 7.80. The van der Waals surface area contributed by atoms with Crippen LogP contribution in [0.25, 0.3) is 0 Å². The molecular formula is C28H43NO2S. The number of thiocarbonyl (C=S) groups is 1. The quantitative estimate of drug-likeness (QED) is 0.213. The van der Waals surface area contributed by atoms with Gasteiger partial charge in [-0.3, -0.25) is 0 Å². The van der Waals surface area contributed by atoms with Crippen molar-refractivity contribution in [3.8, 4) is 11.5 Å². The molecule has 0 fully saturated rings. The molecule has 0 radical (unpaired) electrons. The van der Waals surface area contributed by atoms with Crippen molar-refractivity contribution in [3.63, 3.8) is 0 Å². The Morgan fingerprint density at radius 2 is 2.00 bits per heavy atom. The van der Waals surface area contributed by atoms with E-state index in [0.717, 1.165) is 55.3 Å². The molecule has 178 valence electrons. The van der Waals surface area contributed by atoms with Crippen molar-refractivity contribution in [2.24, 2.45) is 11.3 Å². The van der Waals surface area contributed by atoms with Crippen molar-refractivity contribution >= 4 is 17.4 Å². The van der Waals surface area contributed by atoms with E-state index in [9.17, 15) is 5.11 Å². The van der Waals surface area contributed by atoms with Gasteiger partial charge in [0.05, 0.1) is 0 Å². The molecule has 0 aromatic heterocycles. The van der Waals surface area contributed by atoms with Crippen LogP contribution in [0.2, 0.25) is 0 Å². The Bertz CT molecular complexity index is 840. The average Bonchev–Trinajstić information content (AvgIpc) is 2.72. The van der Waals surface area contributed by atoms with Crippen LogP contribution in [0.4, 0.5) is 0 Å². The fourth-order valence-electron chi connectivity index (χ4n) is 4.29. The lowest BCUT2D eigenvalue weighted by atomic mass is 9.73. The molecule has 1 aliphatic rings. The Kier molecular flexibility index (Phi) is 9.82. The number of rotatable bonds is 10. The van der Waals surface area contributed by atoms with Crippen molar-refractivity contribution < 1.29 is 9.84 Å². The highest BCUT2D eigenvalue weighted by atomic mass is 32.1. The van der Waals surface area contributed by atoms with Crippen LogP contribution in [0.1, 0.15) is 97.1 Å². The maximum absolute atomic E-state index is 11.2. The number of hydrogen-bond donors (Lipinski definition) is 2. The lowest BCUT2D eigenvalue weighted by Gasteiger charge is -2.32. The normalized spacial score (nSPS) is 18.8. The summed E-state index contributed by atoms with van der Waals surface area (Å²) >= 11 is 5.56. The molecule has 0 unspecified atom stereocenters. The predicted molar refractivity (Wildman–Crippen MR) is 141 cm³/mol. The molecule has 32 heavy (non-hydrogen) atoms. The molecule has 0 spiro atoms. The number of phenolic OH excluding ortho intramolecular Hbond substituents is 1. The number of phenols is 1. The minimum absolute atomic E-state index is 0.0378. The zero-order valence-electron chi connectivity index (χ0n) is 21.0. The topological polar surface area (TPSA) is 41.5 Å². The number of ether oxygens (including phenoxy) is 1. The van der Waals surface area contributed by atoms with E-state index in [1.165, 1.54) is 18.4 Å². The zero-order valence-corrected chi connectivity index (χ0v) is 21.8. The van der Waals surface area contributed by atoms with E-state index >= 15 is 0 Å². The van der Waals surface area contributed by atoms with E-state index in [-0.39, 0.29) is 17.3 Å². The molecule has 2 N–H and O–H groups in total. The molecule has 0 aliphatic heterocycles. The van der Waals surface area contributed by atoms with Gasteiger partial charge in [0.25, 0.3) is 5.17 Å². The SMILES string of the molecule is C=C(C)[C@@H]1CCC(C)=C[C@H]1c1c(O)cc(CCCCC)cc1OC(=S)NCC(C)(C)CC. The summed E-state index contributed by atoms with van der Waals surface area (Å²) in [5.74, 6) is 1.28. The molecule has 2 atom stereocenters. The van der Waals surface area contributed by atoms with Crippen molar-refractivity contribution in [2.45, 2.75) is 92.4 Å². The summed E-state index contributed by atoms with van der Waals surface area (Å²) in [6.45, 7) is 18.0. The number of allylic oxidation sites excluding steroid dienone is 3. The summed E-state index contributed by atoms with van der Waals surface area (Å²) in [4.78, 5) is 0. The van der Waals surface area contributed by atoms with Crippen LogP contribution < -0.4 is 10.1 Å². The van der Waals surface area contributed by atoms with Crippen LogP contribution in [0.3, 0.4) is 0 Å². The number of hydrogen-bond acceptors (Lipinski definition) is 3. The van der Waals surface area contributed by atoms with Gasteiger partial charge in [-0.15, -0.1) is 0 Å². The van der Waals surface area contributed by atoms with Gasteiger partial charge in [-0.25, -0.2) is 0 Å². The van der Waals surface area contributed by atoms with E-state index in [4.69, 9.17) is 17.0 Å². The van der Waals surface area contributed by atoms with Crippen molar-refractivity contribution in [3.05, 3.63) is 47.1 Å². The van der Waals surface area contributed by atoms with Gasteiger partial charge in [-0.05, 0) is 87.2 Å². The Balaban J connectivity index is 2.41. The molecule has 0 saturated heterocycles. The van der Waals surface area contributed by atoms with Gasteiger partial charge in [0.15, 0.2) is 0 Å². The molecule has 0 saturated carbocycles. The second-order valence-electron chi connectivity index (χ2n) is 10.3. The first-order chi connectivity index (χ1) is 15.1. The molecule has 1 aromatic carbocycles. The number of benzene rings is 1. The van der Waals surface area contributed by atoms with Gasteiger partial charge >= 0.3 is 0 Å². The number of aryl methyl sites for hydroxylation is 1. The number of nitrogens with one attached hydrogen (secondary N) is 1. The van der Waals surface area contributed by atoms with Gasteiger partial charge in [-0.1, -0.05) is 64.3 Å². The highest BCUT2D eigenvalue weighted by Gasteiger charge is 2.31. The summed E-state index contributed by atoms with van der Waals surface area (Å²) in [6.07, 6.45) is 9.78. The Morgan fingerprint density at radius 1 is 1.28 bits per heavy atom. The van der Waals surface area contributed by atoms with Crippen molar-refractivity contribution in [1.29, 1.82) is 0 Å². The molecule has 1 aromatic rings. The van der Waals surface area contributed by atoms with Crippen LogP contribution in [-0.2, 0) is 6.42 Å². The molecule has 1 aliphatic carbocycles. The molecule has 0 bridgehead atoms. The van der Waals surface area contributed by atoms with Gasteiger partial charge in [0.2, 0.25) is 0 Å². The van der Waals surface area contributed by atoms with Crippen LogP contribution in [-0.4, -0.2) is 16.8 Å². The first kappa shape index (κ1) is 26.4. The van der Waals surface area contributed by atoms with Crippen LogP contribution >= 0.6 is 12.2 Å². The van der Waals surface area contributed by atoms with Crippen molar-refractivity contribution in [2.75, 3.05) is 6.54 Å². The number of unbranched alkanes of at least 4 members (excludes halogenated alkanes) is 2. The fourth-order valence-corrected chi connectivity index (χ4v) is 4.45. The summed E-state index contributed by atoms with van der Waals surface area (Å²) in [7, 11) is 0. The third-order valence-corrected chi connectivity index (χ3v) is 7.06. The summed E-state index contributed by atoms with van der Waals surface area (Å²) in [6, 6.07) is 4.00. The van der Waals surface area contributed by atoms with Crippen LogP contribution in [0.15, 0.2) is 35.9 Å². The first-order valence-electron chi connectivity index (χ1n) is 12.2. The first-order valence-corrected chi connectivity index (χ1v) is 12.6. The standard InChI is InChI=1S/C28H43NO2S/c1-8-10-11-12-21-16-24(30)26(23-15-20(5)13-14-22(23)19(3)4)25(17-21)31-27(32)29-18-28(6,7)9-2/h15-17,22-23,30H,3,8-14,18H2,1-2,4-7H3,(H,29,32)/t22-,23+/m0/s1. The zero-order chi connectivity index (χ0) is 23.9. The summed E-state index contributed by atoms with van der Waals surface area (Å²) in [5, 5.41) is 14.8. The maximum Gasteiger partial charge on any atom is 0.262 e. The van der Waals surface area contributed by atoms with E-state index in [2.05, 4.69) is 65.6 Å². The van der Waals surface area contributed by atoms with Gasteiger partial charge in [0.1, 0.15) is 11.5 Å².